The number of carbonyl (C=O) groups excluding carboxylic acids is 1. The molecule has 1 aliphatic heterocycles. The lowest BCUT2D eigenvalue weighted by molar-refractivity contribution is 0.102. The summed E-state index contributed by atoms with van der Waals surface area (Å²) in [5.74, 6) is -0.449. The number of nitrogens with two attached hydrogens (primary N) is 1. The van der Waals surface area contributed by atoms with Crippen molar-refractivity contribution in [2.45, 2.75) is 63.8 Å². The number of benzene rings is 2. The standard InChI is InChI=1S/C32H32FN7O2/c33-25-17-21(37-31(41)28-26-13-7-8-16-38(26)40(32(28)42)22-11-5-2-6-12-22)14-15-23(25)24-18-27(20-9-3-1-4-10-20)39-29(24)30(34)35-19-36-39/h2,5-6,11-12,14-15,17-20H,1,3-4,7-10,13,16H2,(H,37,41)(H2,34,35,36). The monoisotopic (exact) mass is 565 g/mol. The van der Waals surface area contributed by atoms with Gasteiger partial charge in [0.05, 0.1) is 11.4 Å². The fourth-order valence-corrected chi connectivity index (χ4v) is 6.68. The molecule has 1 aliphatic carbocycles. The maximum Gasteiger partial charge on any atom is 0.284 e. The summed E-state index contributed by atoms with van der Waals surface area (Å²) in [6.07, 6.45) is 9.50. The van der Waals surface area contributed by atoms with Crippen LogP contribution in [0.5, 0.6) is 0 Å². The average Bonchev–Trinajstić information content (AvgIpc) is 3.54. The van der Waals surface area contributed by atoms with Crippen LogP contribution in [-0.2, 0) is 13.0 Å². The molecule has 0 atom stereocenters. The van der Waals surface area contributed by atoms with Crippen molar-refractivity contribution in [2.24, 2.45) is 0 Å². The number of halogens is 1. The van der Waals surface area contributed by atoms with Gasteiger partial charge in [0, 0.05) is 35.0 Å². The Balaban J connectivity index is 1.23. The molecular formula is C32H32FN7O2. The van der Waals surface area contributed by atoms with Crippen LogP contribution in [0.1, 0.15) is 72.6 Å². The van der Waals surface area contributed by atoms with Gasteiger partial charge in [-0.1, -0.05) is 37.5 Å². The lowest BCUT2D eigenvalue weighted by Gasteiger charge is -2.21. The van der Waals surface area contributed by atoms with Gasteiger partial charge in [0.2, 0.25) is 0 Å². The summed E-state index contributed by atoms with van der Waals surface area (Å²) < 4.78 is 21.0. The summed E-state index contributed by atoms with van der Waals surface area (Å²) in [5, 5.41) is 7.24. The third kappa shape index (κ3) is 4.38. The highest BCUT2D eigenvalue weighted by Crippen LogP contribution is 2.39. The molecule has 5 aromatic rings. The molecule has 0 unspecified atom stereocenters. The first-order valence-corrected chi connectivity index (χ1v) is 14.6. The summed E-state index contributed by atoms with van der Waals surface area (Å²) in [6.45, 7) is 0.650. The number of nitrogens with one attached hydrogen (secondary N) is 1. The Morgan fingerprint density at radius 3 is 2.57 bits per heavy atom. The maximum atomic E-state index is 15.8. The molecule has 7 rings (SSSR count). The average molecular weight is 566 g/mol. The Hall–Kier alpha value is -4.73. The highest BCUT2D eigenvalue weighted by atomic mass is 19.1. The molecule has 2 aliphatic rings. The van der Waals surface area contributed by atoms with Crippen LogP contribution in [-0.4, -0.2) is 29.9 Å². The van der Waals surface area contributed by atoms with Crippen molar-refractivity contribution >= 4 is 22.9 Å². The number of amides is 1. The minimum Gasteiger partial charge on any atom is -0.382 e. The Kier molecular flexibility index (Phi) is 6.60. The Labute approximate surface area is 241 Å². The fourth-order valence-electron chi connectivity index (χ4n) is 6.68. The van der Waals surface area contributed by atoms with Crippen LogP contribution in [0, 0.1) is 5.82 Å². The first-order chi connectivity index (χ1) is 20.5. The number of aromatic nitrogens is 5. The van der Waals surface area contributed by atoms with Gasteiger partial charge in [-0.05, 0) is 68.5 Å². The van der Waals surface area contributed by atoms with Gasteiger partial charge in [0.25, 0.3) is 11.5 Å². The molecule has 0 bridgehead atoms. The number of carbonyl (C=O) groups is 1. The van der Waals surface area contributed by atoms with E-state index in [9.17, 15) is 9.59 Å². The van der Waals surface area contributed by atoms with Gasteiger partial charge in [0.15, 0.2) is 5.82 Å². The van der Waals surface area contributed by atoms with E-state index >= 15 is 4.39 Å². The second-order valence-electron chi connectivity index (χ2n) is 11.2. The highest BCUT2D eigenvalue weighted by Gasteiger charge is 2.28. The van der Waals surface area contributed by atoms with Gasteiger partial charge in [-0.25, -0.2) is 18.6 Å². The van der Waals surface area contributed by atoms with Crippen molar-refractivity contribution in [3.05, 3.63) is 94.0 Å². The predicted octanol–water partition coefficient (Wildman–Crippen LogP) is 5.71. The van der Waals surface area contributed by atoms with Gasteiger partial charge in [0.1, 0.15) is 23.2 Å². The van der Waals surface area contributed by atoms with Crippen LogP contribution in [0.25, 0.3) is 22.3 Å². The molecule has 0 saturated heterocycles. The second-order valence-corrected chi connectivity index (χ2v) is 11.2. The zero-order chi connectivity index (χ0) is 28.8. The summed E-state index contributed by atoms with van der Waals surface area (Å²) in [7, 11) is 0. The zero-order valence-electron chi connectivity index (χ0n) is 23.2. The van der Waals surface area contributed by atoms with E-state index in [-0.39, 0.29) is 22.6 Å². The molecule has 3 aromatic heterocycles. The smallest absolute Gasteiger partial charge is 0.284 e. The lowest BCUT2D eigenvalue weighted by atomic mass is 9.87. The topological polar surface area (TPSA) is 112 Å². The number of para-hydroxylation sites is 1. The molecule has 214 valence electrons. The Morgan fingerprint density at radius 2 is 1.79 bits per heavy atom. The number of rotatable bonds is 5. The molecule has 0 radical (unpaired) electrons. The quantitative estimate of drug-likeness (QED) is 0.284. The van der Waals surface area contributed by atoms with Crippen molar-refractivity contribution in [3.63, 3.8) is 0 Å². The van der Waals surface area contributed by atoms with Crippen LogP contribution in [0.2, 0.25) is 0 Å². The third-order valence-corrected chi connectivity index (χ3v) is 8.66. The van der Waals surface area contributed by atoms with Gasteiger partial charge in [-0.15, -0.1) is 0 Å². The number of hydrogen-bond donors (Lipinski definition) is 2. The zero-order valence-corrected chi connectivity index (χ0v) is 23.2. The molecule has 3 N–H and O–H groups in total. The molecule has 42 heavy (non-hydrogen) atoms. The summed E-state index contributed by atoms with van der Waals surface area (Å²) in [5.41, 5.74) is 10.2. The van der Waals surface area contributed by atoms with Crippen LogP contribution in [0.4, 0.5) is 15.9 Å². The molecule has 1 saturated carbocycles. The van der Waals surface area contributed by atoms with E-state index in [4.69, 9.17) is 5.73 Å². The fraction of sp³-hybridized carbons (Fsp3) is 0.312. The minimum atomic E-state index is -0.543. The lowest BCUT2D eigenvalue weighted by Crippen LogP contribution is -2.25. The summed E-state index contributed by atoms with van der Waals surface area (Å²) in [6, 6.07) is 15.9. The van der Waals surface area contributed by atoms with E-state index < -0.39 is 11.7 Å². The van der Waals surface area contributed by atoms with Crippen molar-refractivity contribution in [1.82, 2.24) is 24.0 Å². The third-order valence-electron chi connectivity index (χ3n) is 8.66. The number of hydrogen-bond acceptors (Lipinski definition) is 5. The first-order valence-electron chi connectivity index (χ1n) is 14.6. The Morgan fingerprint density at radius 1 is 0.976 bits per heavy atom. The van der Waals surface area contributed by atoms with E-state index in [0.29, 0.717) is 46.9 Å². The summed E-state index contributed by atoms with van der Waals surface area (Å²) in [4.78, 5) is 31.3. The van der Waals surface area contributed by atoms with Crippen molar-refractivity contribution in [3.8, 4) is 16.8 Å². The second kappa shape index (κ2) is 10.6. The van der Waals surface area contributed by atoms with Crippen molar-refractivity contribution in [2.75, 3.05) is 11.1 Å². The van der Waals surface area contributed by atoms with Gasteiger partial charge in [-0.2, -0.15) is 5.10 Å². The first kappa shape index (κ1) is 26.2. The molecule has 10 heteroatoms. The van der Waals surface area contributed by atoms with Gasteiger partial charge in [-0.3, -0.25) is 14.3 Å². The predicted molar refractivity (Wildman–Crippen MR) is 160 cm³/mol. The molecule has 0 spiro atoms. The highest BCUT2D eigenvalue weighted by molar-refractivity contribution is 6.05. The van der Waals surface area contributed by atoms with Crippen LogP contribution in [0.3, 0.4) is 0 Å². The maximum absolute atomic E-state index is 15.8. The van der Waals surface area contributed by atoms with E-state index in [1.807, 2.05) is 41.1 Å². The largest absolute Gasteiger partial charge is 0.382 e. The normalized spacial score (nSPS) is 15.5. The number of fused-ring (bicyclic) bond motifs is 2. The molecular weight excluding hydrogens is 533 g/mol. The SMILES string of the molecule is Nc1ncnn2c(C3CCCCC3)cc(-c3ccc(NC(=O)c4c5n(n(-c6ccccc6)c4=O)CCCC5)cc3F)c12. The Bertz CT molecular complexity index is 1870. The number of nitrogens with zero attached hydrogens (tertiary/aromatic N) is 5. The van der Waals surface area contributed by atoms with Crippen LogP contribution < -0.4 is 16.6 Å². The van der Waals surface area contributed by atoms with E-state index in [1.165, 1.54) is 18.8 Å². The number of nitrogen functional groups attached to an aromatic ring is 1. The molecule has 1 fully saturated rings. The van der Waals surface area contributed by atoms with Crippen molar-refractivity contribution < 1.29 is 9.18 Å². The molecule has 9 nitrogen and oxygen atoms in total. The molecule has 4 heterocycles. The van der Waals surface area contributed by atoms with Gasteiger partial charge >= 0.3 is 0 Å². The van der Waals surface area contributed by atoms with Crippen LogP contribution in [0.15, 0.2) is 65.7 Å². The van der Waals surface area contributed by atoms with E-state index in [0.717, 1.165) is 44.2 Å². The van der Waals surface area contributed by atoms with Crippen molar-refractivity contribution in [1.29, 1.82) is 0 Å². The number of anilines is 2. The summed E-state index contributed by atoms with van der Waals surface area (Å²) >= 11 is 0. The molecule has 1 amide bonds. The van der Waals surface area contributed by atoms with Gasteiger partial charge < -0.3 is 11.1 Å². The van der Waals surface area contributed by atoms with E-state index in [2.05, 4.69) is 15.4 Å². The van der Waals surface area contributed by atoms with E-state index in [1.54, 1.807) is 21.3 Å². The minimum absolute atomic E-state index is 0.100. The molecule has 2 aromatic carbocycles. The van der Waals surface area contributed by atoms with Crippen LogP contribution >= 0.6 is 0 Å².